The summed E-state index contributed by atoms with van der Waals surface area (Å²) in [5.74, 6) is -0.306. The van der Waals surface area contributed by atoms with Gasteiger partial charge in [0.25, 0.3) is 0 Å². The Morgan fingerprint density at radius 1 is 1.45 bits per heavy atom. The summed E-state index contributed by atoms with van der Waals surface area (Å²) in [5, 5.41) is 2.90. The lowest BCUT2D eigenvalue weighted by atomic mass is 9.99. The van der Waals surface area contributed by atoms with E-state index in [-0.39, 0.29) is 24.1 Å². The Kier molecular flexibility index (Phi) is 5.88. The maximum absolute atomic E-state index is 12.4. The molecule has 1 aliphatic rings. The zero-order valence-electron chi connectivity index (χ0n) is 12.9. The molecule has 1 amide bonds. The molecule has 1 aromatic carbocycles. The van der Waals surface area contributed by atoms with Gasteiger partial charge < -0.3 is 5.32 Å². The van der Waals surface area contributed by atoms with Crippen LogP contribution < -0.4 is 5.32 Å². The second-order valence-corrected chi connectivity index (χ2v) is 8.46. The summed E-state index contributed by atoms with van der Waals surface area (Å²) in [6.07, 6.45) is 3.43. The molecular formula is C15H22N2O3S2. The van der Waals surface area contributed by atoms with Crippen LogP contribution in [0.25, 0.3) is 0 Å². The van der Waals surface area contributed by atoms with E-state index in [9.17, 15) is 13.2 Å². The number of amides is 1. The Morgan fingerprint density at radius 2 is 2.23 bits per heavy atom. The zero-order valence-corrected chi connectivity index (χ0v) is 14.5. The number of nitrogens with zero attached hydrogens (tertiary/aromatic N) is 1. The normalized spacial score (nSPS) is 19.8. The van der Waals surface area contributed by atoms with Gasteiger partial charge >= 0.3 is 0 Å². The molecule has 1 aromatic rings. The maximum atomic E-state index is 12.4. The second kappa shape index (κ2) is 7.48. The number of sulfonamides is 1. The fourth-order valence-electron chi connectivity index (χ4n) is 2.54. The predicted molar refractivity (Wildman–Crippen MR) is 90.6 cm³/mol. The molecule has 0 aromatic heterocycles. The fourth-order valence-corrected chi connectivity index (χ4v) is 4.18. The van der Waals surface area contributed by atoms with Crippen molar-refractivity contribution in [2.75, 3.05) is 30.4 Å². The summed E-state index contributed by atoms with van der Waals surface area (Å²) >= 11 is 1.61. The molecule has 1 fully saturated rings. The number of nitrogens with one attached hydrogen (secondary N) is 1. The van der Waals surface area contributed by atoms with Gasteiger partial charge in [-0.3, -0.25) is 4.79 Å². The topological polar surface area (TPSA) is 66.5 Å². The number of thioether (sulfide) groups is 1. The highest BCUT2D eigenvalue weighted by molar-refractivity contribution is 7.98. The third-order valence-electron chi connectivity index (χ3n) is 3.85. The van der Waals surface area contributed by atoms with Gasteiger partial charge in [-0.05, 0) is 44.2 Å². The summed E-state index contributed by atoms with van der Waals surface area (Å²) < 4.78 is 25.4. The van der Waals surface area contributed by atoms with Crippen LogP contribution in [0.1, 0.15) is 19.8 Å². The first-order chi connectivity index (χ1) is 10.5. The van der Waals surface area contributed by atoms with Crippen molar-refractivity contribution in [2.24, 2.45) is 5.92 Å². The van der Waals surface area contributed by atoms with E-state index in [1.54, 1.807) is 18.7 Å². The molecule has 7 heteroatoms. The van der Waals surface area contributed by atoms with Crippen molar-refractivity contribution in [2.45, 2.75) is 24.7 Å². The Bertz CT molecular complexity index is 631. The number of carbonyl (C=O) groups is 1. The maximum Gasteiger partial charge on any atom is 0.228 e. The Morgan fingerprint density at radius 3 is 2.91 bits per heavy atom. The van der Waals surface area contributed by atoms with Gasteiger partial charge in [0.1, 0.15) is 0 Å². The lowest BCUT2D eigenvalue weighted by Gasteiger charge is -2.30. The largest absolute Gasteiger partial charge is 0.326 e. The fraction of sp³-hybridized carbons (Fsp3) is 0.533. The zero-order chi connectivity index (χ0) is 16.2. The number of benzene rings is 1. The number of carbonyl (C=O) groups excluding carboxylic acids is 1. The van der Waals surface area contributed by atoms with E-state index >= 15 is 0 Å². The van der Waals surface area contributed by atoms with Crippen LogP contribution in [0, 0.1) is 5.92 Å². The minimum absolute atomic E-state index is 0.0805. The van der Waals surface area contributed by atoms with Crippen LogP contribution in [0.15, 0.2) is 29.2 Å². The summed E-state index contributed by atoms with van der Waals surface area (Å²) in [4.78, 5) is 13.5. The van der Waals surface area contributed by atoms with Crippen molar-refractivity contribution in [3.8, 4) is 0 Å². The standard InChI is InChI=1S/C15H22N2O3S2/c1-3-22(19,20)17-9-5-6-12(11-17)15(18)16-13-7-4-8-14(10-13)21-2/h4,7-8,10,12H,3,5-6,9,11H2,1-2H3,(H,16,18)/t12-/m1/s1. The molecule has 22 heavy (non-hydrogen) atoms. The molecule has 0 aliphatic carbocycles. The predicted octanol–water partition coefficient (Wildman–Crippen LogP) is 2.41. The van der Waals surface area contributed by atoms with E-state index in [0.29, 0.717) is 6.54 Å². The number of hydrogen-bond donors (Lipinski definition) is 1. The number of anilines is 1. The smallest absolute Gasteiger partial charge is 0.228 e. The lowest BCUT2D eigenvalue weighted by Crippen LogP contribution is -2.44. The first-order valence-electron chi connectivity index (χ1n) is 7.39. The van der Waals surface area contributed by atoms with Gasteiger partial charge in [0.05, 0.1) is 11.7 Å². The van der Waals surface area contributed by atoms with E-state index in [0.717, 1.165) is 23.4 Å². The Hall–Kier alpha value is -1.05. The van der Waals surface area contributed by atoms with E-state index in [2.05, 4.69) is 5.32 Å². The summed E-state index contributed by atoms with van der Waals surface area (Å²) in [6.45, 7) is 2.43. The van der Waals surface area contributed by atoms with Crippen molar-refractivity contribution in [1.29, 1.82) is 0 Å². The van der Waals surface area contributed by atoms with Gasteiger partial charge in [0.2, 0.25) is 15.9 Å². The SMILES string of the molecule is CCS(=O)(=O)N1CCC[C@@H](C(=O)Nc2cccc(SC)c2)C1. The van der Waals surface area contributed by atoms with Crippen LogP contribution in [0.3, 0.4) is 0 Å². The first kappa shape index (κ1) is 17.3. The van der Waals surface area contributed by atoms with Crippen molar-refractivity contribution in [1.82, 2.24) is 4.31 Å². The van der Waals surface area contributed by atoms with E-state index in [1.165, 1.54) is 4.31 Å². The van der Waals surface area contributed by atoms with Gasteiger partial charge in [-0.15, -0.1) is 11.8 Å². The molecule has 122 valence electrons. The molecule has 1 heterocycles. The highest BCUT2D eigenvalue weighted by Crippen LogP contribution is 2.23. The average Bonchev–Trinajstić information content (AvgIpc) is 2.55. The lowest BCUT2D eigenvalue weighted by molar-refractivity contribution is -0.120. The molecule has 1 N–H and O–H groups in total. The molecule has 2 rings (SSSR count). The van der Waals surface area contributed by atoms with Gasteiger partial charge in [-0.2, -0.15) is 0 Å². The highest BCUT2D eigenvalue weighted by Gasteiger charge is 2.31. The van der Waals surface area contributed by atoms with Crippen molar-refractivity contribution >= 4 is 33.4 Å². The van der Waals surface area contributed by atoms with Gasteiger partial charge in [-0.1, -0.05) is 6.07 Å². The summed E-state index contributed by atoms with van der Waals surface area (Å²) in [5.41, 5.74) is 0.757. The van der Waals surface area contributed by atoms with E-state index in [4.69, 9.17) is 0 Å². The molecular weight excluding hydrogens is 320 g/mol. The molecule has 1 saturated heterocycles. The highest BCUT2D eigenvalue weighted by atomic mass is 32.2. The summed E-state index contributed by atoms with van der Waals surface area (Å²) in [6, 6.07) is 7.65. The van der Waals surface area contributed by atoms with E-state index in [1.807, 2.05) is 30.5 Å². The van der Waals surface area contributed by atoms with Crippen LogP contribution in [0.5, 0.6) is 0 Å². The van der Waals surface area contributed by atoms with Gasteiger partial charge in [0.15, 0.2) is 0 Å². The van der Waals surface area contributed by atoms with Crippen LogP contribution in [0.4, 0.5) is 5.69 Å². The number of piperidine rings is 1. The average molecular weight is 342 g/mol. The molecule has 0 unspecified atom stereocenters. The van der Waals surface area contributed by atoms with Crippen LogP contribution in [0.2, 0.25) is 0 Å². The van der Waals surface area contributed by atoms with E-state index < -0.39 is 10.0 Å². The molecule has 0 bridgehead atoms. The first-order valence-corrected chi connectivity index (χ1v) is 10.2. The molecule has 1 atom stereocenters. The molecule has 5 nitrogen and oxygen atoms in total. The van der Waals surface area contributed by atoms with Crippen LogP contribution in [-0.2, 0) is 14.8 Å². The molecule has 0 radical (unpaired) electrons. The molecule has 1 aliphatic heterocycles. The number of rotatable bonds is 5. The Balaban J connectivity index is 2.03. The van der Waals surface area contributed by atoms with Gasteiger partial charge in [0, 0.05) is 23.7 Å². The third kappa shape index (κ3) is 4.24. The van der Waals surface area contributed by atoms with Crippen LogP contribution >= 0.6 is 11.8 Å². The van der Waals surface area contributed by atoms with Crippen molar-refractivity contribution in [3.05, 3.63) is 24.3 Å². The van der Waals surface area contributed by atoms with Crippen molar-refractivity contribution < 1.29 is 13.2 Å². The van der Waals surface area contributed by atoms with Crippen molar-refractivity contribution in [3.63, 3.8) is 0 Å². The monoisotopic (exact) mass is 342 g/mol. The third-order valence-corrected chi connectivity index (χ3v) is 6.42. The van der Waals surface area contributed by atoms with Crippen LogP contribution in [-0.4, -0.2) is 43.7 Å². The second-order valence-electron chi connectivity index (χ2n) is 5.32. The van der Waals surface area contributed by atoms with Gasteiger partial charge in [-0.25, -0.2) is 12.7 Å². The minimum atomic E-state index is -3.22. The quantitative estimate of drug-likeness (QED) is 0.835. The molecule has 0 spiro atoms. The Labute approximate surface area is 136 Å². The summed E-state index contributed by atoms with van der Waals surface area (Å²) in [7, 11) is -3.22. The number of hydrogen-bond acceptors (Lipinski definition) is 4. The minimum Gasteiger partial charge on any atom is -0.326 e. The molecule has 0 saturated carbocycles.